The lowest BCUT2D eigenvalue weighted by molar-refractivity contribution is -0.181. The zero-order valence-corrected chi connectivity index (χ0v) is 20.1. The molecule has 0 heterocycles. The molecule has 4 N–H and O–H groups in total. The van der Waals surface area contributed by atoms with Crippen molar-refractivity contribution < 1.29 is 44.3 Å². The summed E-state index contributed by atoms with van der Waals surface area (Å²) in [6.45, 7) is 6.69. The highest BCUT2D eigenvalue weighted by Crippen LogP contribution is 2.57. The van der Waals surface area contributed by atoms with Crippen LogP contribution in [-0.2, 0) is 23.9 Å². The van der Waals surface area contributed by atoms with Crippen LogP contribution in [0.25, 0.3) is 0 Å². The lowest BCUT2D eigenvalue weighted by Gasteiger charge is -2.57. The summed E-state index contributed by atoms with van der Waals surface area (Å²) in [5.74, 6) is -5.48. The maximum atomic E-state index is 13.4. The number of allylic oxidation sites excluding steroid dienone is 1. The second-order valence-electron chi connectivity index (χ2n) is 9.93. The van der Waals surface area contributed by atoms with Crippen molar-refractivity contribution in [2.75, 3.05) is 6.61 Å². The second-order valence-corrected chi connectivity index (χ2v) is 9.93. The normalized spacial score (nSPS) is 35.0. The zero-order chi connectivity index (χ0) is 25.8. The Hall–Kier alpha value is -2.52. The largest absolute Gasteiger partial charge is 0.515 e. The van der Waals surface area contributed by atoms with Gasteiger partial charge < -0.3 is 25.2 Å². The molecule has 2 rings (SSSR count). The first-order chi connectivity index (χ1) is 15.9. The van der Waals surface area contributed by atoms with Crippen LogP contribution in [0.1, 0.15) is 53.4 Å². The van der Waals surface area contributed by atoms with E-state index in [1.165, 1.54) is 6.92 Å². The molecule has 0 radical (unpaired) electrons. The van der Waals surface area contributed by atoms with Gasteiger partial charge in [0.05, 0.1) is 25.4 Å². The minimum absolute atomic E-state index is 0.157. The summed E-state index contributed by atoms with van der Waals surface area (Å²) in [6.07, 6.45) is 1.11. The van der Waals surface area contributed by atoms with Crippen LogP contribution >= 0.6 is 0 Å². The Kier molecular flexibility index (Phi) is 9.19. The number of fused-ring (bicyclic) bond motifs is 1. The average Bonchev–Trinajstić information content (AvgIpc) is 2.73. The molecule has 9 heteroatoms. The van der Waals surface area contributed by atoms with Gasteiger partial charge in [-0.05, 0) is 43.9 Å². The van der Waals surface area contributed by atoms with Crippen molar-refractivity contribution in [3.63, 3.8) is 0 Å². The molecular weight excluding hydrogens is 444 g/mol. The first kappa shape index (κ1) is 27.7. The van der Waals surface area contributed by atoms with E-state index in [1.807, 2.05) is 6.92 Å². The molecule has 2 aliphatic rings. The quantitative estimate of drug-likeness (QED) is 0.220. The van der Waals surface area contributed by atoms with E-state index in [2.05, 4.69) is 0 Å². The van der Waals surface area contributed by atoms with Gasteiger partial charge in [0.15, 0.2) is 11.6 Å². The van der Waals surface area contributed by atoms with Crippen molar-refractivity contribution in [1.82, 2.24) is 0 Å². The number of aliphatic hydroxyl groups excluding tert-OH is 3. The number of carbonyl (C=O) groups is 4. The summed E-state index contributed by atoms with van der Waals surface area (Å²) in [4.78, 5) is 49.6. The highest BCUT2D eigenvalue weighted by Gasteiger charge is 2.63. The van der Waals surface area contributed by atoms with Crippen LogP contribution < -0.4 is 0 Å². The molecule has 0 amide bonds. The van der Waals surface area contributed by atoms with Gasteiger partial charge in [0, 0.05) is 29.4 Å². The maximum Gasteiger partial charge on any atom is 0.328 e. The lowest BCUT2D eigenvalue weighted by Crippen LogP contribution is -2.64. The highest BCUT2D eigenvalue weighted by atomic mass is 16.5. The first-order valence-corrected chi connectivity index (χ1v) is 11.7. The van der Waals surface area contributed by atoms with E-state index >= 15 is 0 Å². The van der Waals surface area contributed by atoms with Gasteiger partial charge in [-0.15, -0.1) is 0 Å². The molecule has 2 aliphatic carbocycles. The fourth-order valence-corrected chi connectivity index (χ4v) is 6.30. The van der Waals surface area contributed by atoms with Crippen molar-refractivity contribution in [2.24, 2.45) is 35.0 Å². The Morgan fingerprint density at radius 3 is 2.44 bits per heavy atom. The summed E-state index contributed by atoms with van der Waals surface area (Å²) in [5.41, 5.74) is -0.938. The molecule has 190 valence electrons. The van der Waals surface area contributed by atoms with E-state index in [1.54, 1.807) is 13.8 Å². The molecule has 8 atom stereocenters. The Balaban J connectivity index is 2.40. The third-order valence-electron chi connectivity index (χ3n) is 7.64. The molecule has 0 bridgehead atoms. The van der Waals surface area contributed by atoms with Gasteiger partial charge in [-0.1, -0.05) is 26.3 Å². The second kappa shape index (κ2) is 11.3. The standard InChI is InChI=1S/C25H36O9/c1-5-15(12-34-20(31)9-13(2)8-19(29)30)22-24(33)23(32)17-11-16(27)10-14(3)21(17)25(22,4)18(28)6-7-26/h6-8,14-17,21-22,24,26-27,33H,5,9-12H2,1-4H3,(H,29,30)/b7-6-,13-8+. The topological polar surface area (TPSA) is 158 Å². The third-order valence-corrected chi connectivity index (χ3v) is 7.64. The van der Waals surface area contributed by atoms with Crippen molar-refractivity contribution in [3.05, 3.63) is 24.0 Å². The number of Topliss-reactive ketones (excluding diaryl/α,β-unsaturated/α-hetero) is 1. The number of hydrogen-bond donors (Lipinski definition) is 4. The minimum Gasteiger partial charge on any atom is -0.515 e. The molecule has 0 aromatic carbocycles. The Labute approximate surface area is 199 Å². The van der Waals surface area contributed by atoms with E-state index in [0.717, 1.165) is 12.2 Å². The summed E-state index contributed by atoms with van der Waals surface area (Å²) < 4.78 is 5.38. The molecule has 2 fully saturated rings. The van der Waals surface area contributed by atoms with Gasteiger partial charge in [0.2, 0.25) is 0 Å². The molecule has 0 aliphatic heterocycles. The number of esters is 1. The Morgan fingerprint density at radius 1 is 1.24 bits per heavy atom. The summed E-state index contributed by atoms with van der Waals surface area (Å²) >= 11 is 0. The van der Waals surface area contributed by atoms with E-state index in [0.29, 0.717) is 24.7 Å². The minimum atomic E-state index is -1.50. The number of carboxylic acids is 1. The number of ether oxygens (including phenoxy) is 1. The van der Waals surface area contributed by atoms with Crippen LogP contribution in [0, 0.1) is 35.0 Å². The van der Waals surface area contributed by atoms with Gasteiger partial charge in [0.1, 0.15) is 6.10 Å². The fourth-order valence-electron chi connectivity index (χ4n) is 6.30. The highest BCUT2D eigenvalue weighted by molar-refractivity contribution is 5.98. The number of aliphatic carboxylic acids is 1. The van der Waals surface area contributed by atoms with Crippen LogP contribution in [0.5, 0.6) is 0 Å². The molecule has 34 heavy (non-hydrogen) atoms. The molecule has 0 saturated heterocycles. The summed E-state index contributed by atoms with van der Waals surface area (Å²) in [5, 5.41) is 39.5. The Morgan fingerprint density at radius 2 is 1.88 bits per heavy atom. The van der Waals surface area contributed by atoms with Crippen LogP contribution in [0.3, 0.4) is 0 Å². The van der Waals surface area contributed by atoms with Gasteiger partial charge >= 0.3 is 11.9 Å². The Bertz CT molecular complexity index is 860. The molecule has 2 saturated carbocycles. The predicted octanol–water partition coefficient (Wildman–Crippen LogP) is 2.21. The van der Waals surface area contributed by atoms with Gasteiger partial charge in [-0.25, -0.2) is 4.79 Å². The van der Waals surface area contributed by atoms with Gasteiger partial charge in [0.25, 0.3) is 0 Å². The number of ketones is 2. The average molecular weight is 481 g/mol. The lowest BCUT2D eigenvalue weighted by atomic mass is 9.46. The van der Waals surface area contributed by atoms with E-state index in [4.69, 9.17) is 9.84 Å². The molecule has 0 spiro atoms. The smallest absolute Gasteiger partial charge is 0.328 e. The van der Waals surface area contributed by atoms with Crippen LogP contribution in [0.15, 0.2) is 24.0 Å². The van der Waals surface area contributed by atoms with Crippen LogP contribution in [0.4, 0.5) is 0 Å². The van der Waals surface area contributed by atoms with E-state index < -0.39 is 64.8 Å². The first-order valence-electron chi connectivity index (χ1n) is 11.7. The predicted molar refractivity (Wildman–Crippen MR) is 122 cm³/mol. The molecule has 0 aromatic rings. The summed E-state index contributed by atoms with van der Waals surface area (Å²) in [7, 11) is 0. The number of carbonyl (C=O) groups excluding carboxylic acids is 3. The van der Waals surface area contributed by atoms with Gasteiger partial charge in [-0.2, -0.15) is 0 Å². The number of hydrogen-bond acceptors (Lipinski definition) is 8. The van der Waals surface area contributed by atoms with Gasteiger partial charge in [-0.3, -0.25) is 14.4 Å². The maximum absolute atomic E-state index is 13.4. The van der Waals surface area contributed by atoms with Crippen molar-refractivity contribution >= 4 is 23.5 Å². The third kappa shape index (κ3) is 5.58. The SMILES string of the molecule is CCC(COC(=O)C/C(C)=C/C(=O)O)C1C(O)C(=O)C2CC(O)CC(C)C2C1(C)C(=O)/C=C\O. The number of aliphatic hydroxyl groups is 3. The van der Waals surface area contributed by atoms with E-state index in [9.17, 15) is 34.5 Å². The molecule has 9 nitrogen and oxygen atoms in total. The zero-order valence-electron chi connectivity index (χ0n) is 20.1. The summed E-state index contributed by atoms with van der Waals surface area (Å²) in [6, 6.07) is 0. The number of carboxylic acid groups (broad SMARTS) is 1. The van der Waals surface area contributed by atoms with Crippen molar-refractivity contribution in [3.8, 4) is 0 Å². The number of rotatable bonds is 9. The fraction of sp³-hybridized carbons (Fsp3) is 0.680. The van der Waals surface area contributed by atoms with Crippen LogP contribution in [0.2, 0.25) is 0 Å². The molecular formula is C25H36O9. The van der Waals surface area contributed by atoms with Crippen LogP contribution in [-0.4, -0.2) is 62.7 Å². The van der Waals surface area contributed by atoms with E-state index in [-0.39, 0.29) is 25.4 Å². The molecule has 0 aromatic heterocycles. The van der Waals surface area contributed by atoms with Crippen molar-refractivity contribution in [1.29, 1.82) is 0 Å². The molecule has 8 unspecified atom stereocenters. The monoisotopic (exact) mass is 480 g/mol. The van der Waals surface area contributed by atoms with Crippen molar-refractivity contribution in [2.45, 2.75) is 65.6 Å².